The maximum atomic E-state index is 12.7. The fraction of sp³-hybridized carbons (Fsp3) is 0.450. The van der Waals surface area contributed by atoms with E-state index in [4.69, 9.17) is 14.5 Å². The van der Waals surface area contributed by atoms with Gasteiger partial charge in [0.25, 0.3) is 0 Å². The Balaban J connectivity index is 1.62. The summed E-state index contributed by atoms with van der Waals surface area (Å²) < 4.78 is 11.1. The number of hydrogen-bond donors (Lipinski definition) is 0. The quantitative estimate of drug-likeness (QED) is 0.591. The predicted octanol–water partition coefficient (Wildman–Crippen LogP) is 3.79. The van der Waals surface area contributed by atoms with Crippen LogP contribution in [0.5, 0.6) is 0 Å². The summed E-state index contributed by atoms with van der Waals surface area (Å²) in [6, 6.07) is 9.91. The van der Waals surface area contributed by atoms with Crippen molar-refractivity contribution in [2.45, 2.75) is 44.8 Å². The molecule has 2 aliphatic heterocycles. The molecule has 3 heterocycles. The third-order valence-corrected chi connectivity index (χ3v) is 6.22. The van der Waals surface area contributed by atoms with E-state index in [0.717, 1.165) is 10.8 Å². The number of carbonyl (C=O) groups is 2. The standard InChI is InChI=1S/C20H22N2O4S/c1-18(2)11-20(15(23)25-18)12-19(3,26-16(20)24)14-10-27-17(21-14)22(4)13-8-6-5-7-9-13/h5-10H,11-12H2,1-4H3/t19-,20+/m1/s1. The zero-order chi connectivity index (χ0) is 19.4. The molecule has 2 atom stereocenters. The molecule has 2 aliphatic rings. The summed E-state index contributed by atoms with van der Waals surface area (Å²) in [5, 5.41) is 2.69. The summed E-state index contributed by atoms with van der Waals surface area (Å²) in [5.41, 5.74) is -1.16. The molecule has 0 N–H and O–H groups in total. The number of rotatable bonds is 3. The molecule has 27 heavy (non-hydrogen) atoms. The van der Waals surface area contributed by atoms with Crippen molar-refractivity contribution in [3.63, 3.8) is 0 Å². The van der Waals surface area contributed by atoms with Gasteiger partial charge in [0.15, 0.2) is 16.1 Å². The van der Waals surface area contributed by atoms with Crippen LogP contribution in [0, 0.1) is 5.41 Å². The van der Waals surface area contributed by atoms with E-state index in [1.54, 1.807) is 0 Å². The lowest BCUT2D eigenvalue weighted by Crippen LogP contribution is -2.32. The third-order valence-electron chi connectivity index (χ3n) is 5.30. The molecule has 0 radical (unpaired) electrons. The number of para-hydroxylation sites is 1. The molecule has 4 rings (SSSR count). The molecule has 0 bridgehead atoms. The molecule has 7 heteroatoms. The van der Waals surface area contributed by atoms with Crippen molar-refractivity contribution in [1.29, 1.82) is 0 Å². The Kier molecular flexibility index (Phi) is 3.86. The van der Waals surface area contributed by atoms with Crippen LogP contribution >= 0.6 is 11.3 Å². The van der Waals surface area contributed by atoms with Gasteiger partial charge in [0.05, 0.1) is 5.69 Å². The van der Waals surface area contributed by atoms with E-state index in [2.05, 4.69) is 0 Å². The van der Waals surface area contributed by atoms with Crippen molar-refractivity contribution < 1.29 is 19.1 Å². The molecular weight excluding hydrogens is 364 g/mol. The zero-order valence-electron chi connectivity index (χ0n) is 15.8. The Morgan fingerprint density at radius 1 is 1.04 bits per heavy atom. The fourth-order valence-corrected chi connectivity index (χ4v) is 4.96. The molecule has 0 unspecified atom stereocenters. The van der Waals surface area contributed by atoms with E-state index in [0.29, 0.717) is 12.1 Å². The number of carbonyl (C=O) groups excluding carboxylic acids is 2. The molecule has 6 nitrogen and oxygen atoms in total. The van der Waals surface area contributed by atoms with Crippen molar-refractivity contribution >= 4 is 34.1 Å². The highest BCUT2D eigenvalue weighted by Crippen LogP contribution is 2.55. The van der Waals surface area contributed by atoms with Crippen LogP contribution in [0.4, 0.5) is 10.8 Å². The summed E-state index contributed by atoms with van der Waals surface area (Å²) in [6.45, 7) is 5.45. The fourth-order valence-electron chi connectivity index (χ4n) is 4.03. The van der Waals surface area contributed by atoms with Gasteiger partial charge in [-0.05, 0) is 32.9 Å². The van der Waals surface area contributed by atoms with Crippen molar-refractivity contribution in [1.82, 2.24) is 4.98 Å². The number of hydrogen-bond acceptors (Lipinski definition) is 7. The average molecular weight is 386 g/mol. The second kappa shape index (κ2) is 5.79. The summed E-state index contributed by atoms with van der Waals surface area (Å²) in [6.07, 6.45) is 0.577. The van der Waals surface area contributed by atoms with Crippen LogP contribution in [0.1, 0.15) is 39.3 Å². The minimum Gasteiger partial charge on any atom is -0.459 e. The first kappa shape index (κ1) is 18.0. The second-order valence-electron chi connectivity index (χ2n) is 8.12. The number of aromatic nitrogens is 1. The van der Waals surface area contributed by atoms with E-state index >= 15 is 0 Å². The Bertz CT molecular complexity index is 910. The van der Waals surface area contributed by atoms with Gasteiger partial charge in [0.1, 0.15) is 5.60 Å². The number of anilines is 2. The van der Waals surface area contributed by atoms with E-state index in [-0.39, 0.29) is 6.42 Å². The summed E-state index contributed by atoms with van der Waals surface area (Å²) in [4.78, 5) is 31.9. The van der Waals surface area contributed by atoms with Gasteiger partial charge in [-0.3, -0.25) is 9.59 Å². The minimum absolute atomic E-state index is 0.249. The lowest BCUT2D eigenvalue weighted by Gasteiger charge is -2.21. The van der Waals surface area contributed by atoms with E-state index in [1.807, 2.05) is 68.4 Å². The largest absolute Gasteiger partial charge is 0.459 e. The predicted molar refractivity (Wildman–Crippen MR) is 102 cm³/mol. The highest BCUT2D eigenvalue weighted by atomic mass is 32.1. The van der Waals surface area contributed by atoms with Gasteiger partial charge in [-0.25, -0.2) is 4.98 Å². The van der Waals surface area contributed by atoms with E-state index in [9.17, 15) is 9.59 Å². The molecule has 0 aliphatic carbocycles. The van der Waals surface area contributed by atoms with Crippen molar-refractivity contribution in [3.05, 3.63) is 41.4 Å². The Hall–Kier alpha value is -2.41. The minimum atomic E-state index is -1.23. The smallest absolute Gasteiger partial charge is 0.324 e. The maximum Gasteiger partial charge on any atom is 0.324 e. The molecule has 1 aromatic carbocycles. The molecule has 2 aromatic rings. The summed E-state index contributed by atoms with van der Waals surface area (Å²) in [5.74, 6) is -0.996. The SMILES string of the molecule is CN(c1ccccc1)c1nc([C@@]2(C)C[C@]3(CC(C)(C)OC3=O)C(=O)O2)cs1. The zero-order valence-corrected chi connectivity index (χ0v) is 16.6. The highest BCUT2D eigenvalue weighted by molar-refractivity contribution is 7.13. The molecule has 2 fully saturated rings. The van der Waals surface area contributed by atoms with Crippen molar-refractivity contribution in [2.24, 2.45) is 5.41 Å². The molecule has 0 amide bonds. The monoisotopic (exact) mass is 386 g/mol. The Labute approximate surface area is 162 Å². The van der Waals surface area contributed by atoms with Crippen LogP contribution in [0.25, 0.3) is 0 Å². The normalized spacial score (nSPS) is 29.0. The van der Waals surface area contributed by atoms with Crippen LogP contribution in [0.3, 0.4) is 0 Å². The number of esters is 2. The summed E-state index contributed by atoms with van der Waals surface area (Å²) >= 11 is 1.48. The maximum absolute atomic E-state index is 12.7. The van der Waals surface area contributed by atoms with Gasteiger partial charge < -0.3 is 14.4 Å². The Morgan fingerprint density at radius 3 is 2.33 bits per heavy atom. The second-order valence-corrected chi connectivity index (χ2v) is 8.95. The van der Waals surface area contributed by atoms with Gasteiger partial charge in [-0.15, -0.1) is 11.3 Å². The first-order valence-electron chi connectivity index (χ1n) is 8.87. The van der Waals surface area contributed by atoms with Gasteiger partial charge in [0, 0.05) is 31.0 Å². The first-order valence-corrected chi connectivity index (χ1v) is 9.75. The van der Waals surface area contributed by atoms with E-state index < -0.39 is 28.6 Å². The Morgan fingerprint density at radius 2 is 1.70 bits per heavy atom. The van der Waals surface area contributed by atoms with Crippen LogP contribution in [0.2, 0.25) is 0 Å². The molecule has 1 spiro atoms. The lowest BCUT2D eigenvalue weighted by atomic mass is 9.75. The topological polar surface area (TPSA) is 68.7 Å². The summed E-state index contributed by atoms with van der Waals surface area (Å²) in [7, 11) is 1.94. The highest BCUT2D eigenvalue weighted by Gasteiger charge is 2.67. The van der Waals surface area contributed by atoms with Gasteiger partial charge in [-0.2, -0.15) is 0 Å². The van der Waals surface area contributed by atoms with Crippen LogP contribution < -0.4 is 4.90 Å². The molecule has 142 valence electrons. The van der Waals surface area contributed by atoms with Gasteiger partial charge in [0.2, 0.25) is 0 Å². The van der Waals surface area contributed by atoms with Gasteiger partial charge in [-0.1, -0.05) is 18.2 Å². The molecular formula is C20H22N2O4S. The number of benzene rings is 1. The van der Waals surface area contributed by atoms with Crippen molar-refractivity contribution in [3.8, 4) is 0 Å². The van der Waals surface area contributed by atoms with Gasteiger partial charge >= 0.3 is 11.9 Å². The first-order chi connectivity index (χ1) is 12.7. The average Bonchev–Trinajstić information content (AvgIpc) is 3.25. The van der Waals surface area contributed by atoms with Crippen molar-refractivity contribution in [2.75, 3.05) is 11.9 Å². The lowest BCUT2D eigenvalue weighted by molar-refractivity contribution is -0.161. The molecule has 0 saturated carbocycles. The number of cyclic esters (lactones) is 2. The number of nitrogens with zero attached hydrogens (tertiary/aromatic N) is 2. The van der Waals surface area contributed by atoms with Crippen LogP contribution in [-0.2, 0) is 24.7 Å². The van der Waals surface area contributed by atoms with Crippen LogP contribution in [-0.4, -0.2) is 29.6 Å². The number of ether oxygens (including phenoxy) is 2. The van der Waals surface area contributed by atoms with E-state index in [1.165, 1.54) is 11.3 Å². The molecule has 2 saturated heterocycles. The number of thiazole rings is 1. The molecule has 1 aromatic heterocycles. The third kappa shape index (κ3) is 2.81. The van der Waals surface area contributed by atoms with Crippen LogP contribution in [0.15, 0.2) is 35.7 Å².